The standard InChI is InChI=1S/C31H33ClN6O4.2C2H6/c1-4-27(39)37-15-13-36(14-16-37)11-8-12-38-29-21(20-33-31(35-29)34-22-9-6-5-7-10-22)17-25(30(38)40)24-18-23(41-2)19-26(42-3)28(24)32;2*1-2/h4-7,9-10,17-20H,1,8,11-16H2,2-3H3,(H,33,34,35);2*1-2H3. The van der Waals surface area contributed by atoms with Gasteiger partial charge in [0.1, 0.15) is 17.1 Å². The number of para-hydroxylation sites is 1. The zero-order valence-electron chi connectivity index (χ0n) is 27.7. The minimum atomic E-state index is -0.231. The summed E-state index contributed by atoms with van der Waals surface area (Å²) in [6.07, 6.45) is 3.76. The number of fused-ring (bicyclic) bond motifs is 1. The van der Waals surface area contributed by atoms with Gasteiger partial charge in [-0.2, -0.15) is 4.98 Å². The van der Waals surface area contributed by atoms with E-state index in [0.29, 0.717) is 70.7 Å². The van der Waals surface area contributed by atoms with Gasteiger partial charge in [-0.3, -0.25) is 19.1 Å². The molecule has 1 saturated heterocycles. The summed E-state index contributed by atoms with van der Waals surface area (Å²) < 4.78 is 12.6. The van der Waals surface area contributed by atoms with Crippen molar-refractivity contribution in [1.29, 1.82) is 0 Å². The molecule has 0 radical (unpaired) electrons. The fraction of sp³-hybridized carbons (Fsp3) is 0.371. The number of piperazine rings is 1. The Bertz CT molecular complexity index is 1650. The van der Waals surface area contributed by atoms with E-state index in [4.69, 9.17) is 26.1 Å². The second-order valence-electron chi connectivity index (χ2n) is 9.89. The topological polar surface area (TPSA) is 102 Å². The number of carbonyl (C=O) groups is 1. The van der Waals surface area contributed by atoms with Crippen molar-refractivity contribution in [1.82, 2.24) is 24.3 Å². The van der Waals surface area contributed by atoms with E-state index in [9.17, 15) is 9.59 Å². The van der Waals surface area contributed by atoms with E-state index in [1.807, 2.05) is 58.0 Å². The van der Waals surface area contributed by atoms with Gasteiger partial charge in [0.05, 0.1) is 19.2 Å². The highest BCUT2D eigenvalue weighted by molar-refractivity contribution is 6.35. The van der Waals surface area contributed by atoms with Gasteiger partial charge in [0.15, 0.2) is 0 Å². The summed E-state index contributed by atoms with van der Waals surface area (Å²) in [5, 5.41) is 4.22. The maximum atomic E-state index is 14.1. The van der Waals surface area contributed by atoms with Crippen LogP contribution >= 0.6 is 11.6 Å². The molecule has 4 aromatic rings. The first-order valence-corrected chi connectivity index (χ1v) is 16.1. The summed E-state index contributed by atoms with van der Waals surface area (Å²) in [6, 6.07) is 14.8. The Morgan fingerprint density at radius 2 is 1.67 bits per heavy atom. The highest BCUT2D eigenvalue weighted by Crippen LogP contribution is 2.38. The number of ether oxygens (including phenoxy) is 2. The van der Waals surface area contributed by atoms with Gasteiger partial charge >= 0.3 is 0 Å². The first-order valence-electron chi connectivity index (χ1n) is 15.7. The van der Waals surface area contributed by atoms with Crippen molar-refractivity contribution in [2.24, 2.45) is 0 Å². The van der Waals surface area contributed by atoms with Gasteiger partial charge in [-0.15, -0.1) is 0 Å². The molecule has 0 aliphatic carbocycles. The number of rotatable bonds is 10. The third-order valence-electron chi connectivity index (χ3n) is 7.33. The molecule has 10 nitrogen and oxygen atoms in total. The molecule has 1 amide bonds. The van der Waals surface area contributed by atoms with Gasteiger partial charge in [0.25, 0.3) is 5.56 Å². The van der Waals surface area contributed by atoms with E-state index < -0.39 is 0 Å². The number of hydrogen-bond acceptors (Lipinski definition) is 8. The number of pyridine rings is 1. The van der Waals surface area contributed by atoms with Crippen LogP contribution in [0.3, 0.4) is 0 Å². The van der Waals surface area contributed by atoms with Crippen LogP contribution < -0.4 is 20.3 Å². The van der Waals surface area contributed by atoms with Crippen LogP contribution in [0.15, 0.2) is 72.2 Å². The molecule has 1 fully saturated rings. The molecule has 0 saturated carbocycles. The van der Waals surface area contributed by atoms with E-state index in [2.05, 4.69) is 21.8 Å². The summed E-state index contributed by atoms with van der Waals surface area (Å²) in [4.78, 5) is 39.4. The highest BCUT2D eigenvalue weighted by atomic mass is 35.5. The quantitative estimate of drug-likeness (QED) is 0.191. The molecular formula is C35H45ClN6O4. The Labute approximate surface area is 276 Å². The Morgan fingerprint density at radius 1 is 0.978 bits per heavy atom. The Morgan fingerprint density at radius 3 is 2.30 bits per heavy atom. The molecule has 1 aliphatic heterocycles. The molecule has 11 heteroatoms. The van der Waals surface area contributed by atoms with Crippen molar-refractivity contribution in [3.05, 3.63) is 82.8 Å². The lowest BCUT2D eigenvalue weighted by Crippen LogP contribution is -2.48. The normalized spacial score (nSPS) is 12.7. The van der Waals surface area contributed by atoms with Crippen LogP contribution in [0.25, 0.3) is 22.2 Å². The van der Waals surface area contributed by atoms with Gasteiger partial charge in [0.2, 0.25) is 11.9 Å². The van der Waals surface area contributed by atoms with Gasteiger partial charge in [0, 0.05) is 67.2 Å². The van der Waals surface area contributed by atoms with Gasteiger partial charge in [-0.1, -0.05) is 64.1 Å². The van der Waals surface area contributed by atoms with Crippen LogP contribution in [0.5, 0.6) is 11.5 Å². The molecule has 0 unspecified atom stereocenters. The lowest BCUT2D eigenvalue weighted by molar-refractivity contribution is -0.127. The van der Waals surface area contributed by atoms with Crippen molar-refractivity contribution < 1.29 is 14.3 Å². The average molecular weight is 649 g/mol. The average Bonchev–Trinajstić information content (AvgIpc) is 3.11. The number of nitrogens with one attached hydrogen (secondary N) is 1. The summed E-state index contributed by atoms with van der Waals surface area (Å²) in [6.45, 7) is 15.6. The van der Waals surface area contributed by atoms with Crippen LogP contribution in [-0.2, 0) is 11.3 Å². The molecule has 0 atom stereocenters. The van der Waals surface area contributed by atoms with Crippen LogP contribution in [0, 0.1) is 0 Å². The second kappa shape index (κ2) is 17.9. The number of methoxy groups -OCH3 is 2. The molecule has 246 valence electrons. The SMILES string of the molecule is C=CC(=O)N1CCN(CCCn2c(=O)c(-c3cc(OC)cc(OC)c3Cl)cc3cnc(Nc4ccccc4)nc32)CC1.CC.CC. The number of halogens is 1. The number of aryl methyl sites for hydroxylation is 1. The highest BCUT2D eigenvalue weighted by Gasteiger charge is 2.21. The number of benzene rings is 2. The van der Waals surface area contributed by atoms with Crippen molar-refractivity contribution >= 4 is 40.2 Å². The maximum Gasteiger partial charge on any atom is 0.260 e. The third-order valence-corrected chi connectivity index (χ3v) is 7.72. The number of carbonyl (C=O) groups excluding carboxylic acids is 1. The lowest BCUT2D eigenvalue weighted by Gasteiger charge is -2.34. The van der Waals surface area contributed by atoms with E-state index >= 15 is 0 Å². The van der Waals surface area contributed by atoms with E-state index in [0.717, 1.165) is 25.3 Å². The van der Waals surface area contributed by atoms with Crippen LogP contribution in [0.4, 0.5) is 11.6 Å². The summed E-state index contributed by atoms with van der Waals surface area (Å²) >= 11 is 6.70. The summed E-state index contributed by atoms with van der Waals surface area (Å²) in [5.41, 5.74) is 2.03. The van der Waals surface area contributed by atoms with Gasteiger partial charge in [-0.25, -0.2) is 4.98 Å². The largest absolute Gasteiger partial charge is 0.497 e. The van der Waals surface area contributed by atoms with Crippen LogP contribution in [0.1, 0.15) is 34.1 Å². The van der Waals surface area contributed by atoms with Crippen molar-refractivity contribution in [3.8, 4) is 22.6 Å². The minimum absolute atomic E-state index is 0.0445. The number of amides is 1. The third kappa shape index (κ3) is 8.64. The minimum Gasteiger partial charge on any atom is -0.497 e. The van der Waals surface area contributed by atoms with Crippen LogP contribution in [-0.4, -0.2) is 77.2 Å². The number of anilines is 2. The summed E-state index contributed by atoms with van der Waals surface area (Å²) in [5.74, 6) is 1.27. The molecular weight excluding hydrogens is 604 g/mol. The lowest BCUT2D eigenvalue weighted by atomic mass is 10.0. The predicted molar refractivity (Wildman–Crippen MR) is 188 cm³/mol. The molecule has 0 spiro atoms. The van der Waals surface area contributed by atoms with Crippen molar-refractivity contribution in [2.45, 2.75) is 40.7 Å². The Hall–Kier alpha value is -4.41. The van der Waals surface area contributed by atoms with E-state index in [1.54, 1.807) is 41.0 Å². The number of hydrogen-bond donors (Lipinski definition) is 1. The second-order valence-corrected chi connectivity index (χ2v) is 10.3. The molecule has 3 heterocycles. The smallest absolute Gasteiger partial charge is 0.260 e. The van der Waals surface area contributed by atoms with E-state index in [-0.39, 0.29) is 11.5 Å². The summed E-state index contributed by atoms with van der Waals surface area (Å²) in [7, 11) is 3.07. The molecule has 1 N–H and O–H groups in total. The Kier molecular flexibility index (Phi) is 14.0. The predicted octanol–water partition coefficient (Wildman–Crippen LogP) is 6.65. The number of aromatic nitrogens is 3. The fourth-order valence-corrected chi connectivity index (χ4v) is 5.37. The number of nitrogens with zero attached hydrogens (tertiary/aromatic N) is 5. The first kappa shape index (κ1) is 36.1. The van der Waals surface area contributed by atoms with Crippen molar-refractivity contribution in [3.63, 3.8) is 0 Å². The molecule has 0 bridgehead atoms. The molecule has 2 aromatic heterocycles. The Balaban J connectivity index is 0.00000139. The molecule has 5 rings (SSSR count). The van der Waals surface area contributed by atoms with Gasteiger partial charge < -0.3 is 19.7 Å². The molecule has 2 aromatic carbocycles. The van der Waals surface area contributed by atoms with Gasteiger partial charge in [-0.05, 0) is 43.3 Å². The molecule has 1 aliphatic rings. The van der Waals surface area contributed by atoms with E-state index in [1.165, 1.54) is 13.2 Å². The monoisotopic (exact) mass is 648 g/mol. The fourth-order valence-electron chi connectivity index (χ4n) is 5.08. The molecule has 46 heavy (non-hydrogen) atoms. The van der Waals surface area contributed by atoms with Crippen molar-refractivity contribution in [2.75, 3.05) is 52.3 Å². The zero-order valence-corrected chi connectivity index (χ0v) is 28.4. The zero-order chi connectivity index (χ0) is 33.6. The first-order chi connectivity index (χ1) is 22.4. The maximum absolute atomic E-state index is 14.1. The van der Waals surface area contributed by atoms with Crippen LogP contribution in [0.2, 0.25) is 5.02 Å².